The number of ether oxygens (including phenoxy) is 1. The van der Waals surface area contributed by atoms with Crippen LogP contribution < -0.4 is 0 Å². The zero-order chi connectivity index (χ0) is 14.6. The second-order valence-electron chi connectivity index (χ2n) is 4.79. The summed E-state index contributed by atoms with van der Waals surface area (Å²) in [6.07, 6.45) is 4.28. The van der Waals surface area contributed by atoms with E-state index in [1.807, 2.05) is 0 Å². The second kappa shape index (κ2) is 6.01. The first-order valence-electron chi connectivity index (χ1n) is 6.76. The summed E-state index contributed by atoms with van der Waals surface area (Å²) in [5.41, 5.74) is -1.52. The molecule has 1 aromatic rings. The Kier molecular flexibility index (Phi) is 4.35. The van der Waals surface area contributed by atoms with Crippen molar-refractivity contribution in [3.8, 4) is 0 Å². The van der Waals surface area contributed by atoms with E-state index < -0.39 is 17.5 Å². The maximum absolute atomic E-state index is 12.3. The molecule has 0 amide bonds. The molecule has 106 valence electrons. The maximum Gasteiger partial charge on any atom is 0.343 e. The maximum atomic E-state index is 12.3. The van der Waals surface area contributed by atoms with E-state index in [2.05, 4.69) is 0 Å². The van der Waals surface area contributed by atoms with Crippen LogP contribution in [0.1, 0.15) is 25.3 Å². The fourth-order valence-corrected chi connectivity index (χ4v) is 2.53. The predicted molar refractivity (Wildman–Crippen MR) is 73.8 cm³/mol. The van der Waals surface area contributed by atoms with Gasteiger partial charge in [-0.2, -0.15) is 0 Å². The average Bonchev–Trinajstić information content (AvgIpc) is 2.48. The zero-order valence-electron chi connectivity index (χ0n) is 11.4. The van der Waals surface area contributed by atoms with Crippen LogP contribution in [0.3, 0.4) is 0 Å². The first kappa shape index (κ1) is 14.5. The van der Waals surface area contributed by atoms with Crippen LogP contribution in [0.25, 0.3) is 0 Å². The Morgan fingerprint density at radius 1 is 1.40 bits per heavy atom. The summed E-state index contributed by atoms with van der Waals surface area (Å²) in [5.74, 6) is -1.80. The van der Waals surface area contributed by atoms with Gasteiger partial charge in [0.15, 0.2) is 11.4 Å². The molecule has 4 nitrogen and oxygen atoms in total. The smallest absolute Gasteiger partial charge is 0.343 e. The lowest BCUT2D eigenvalue weighted by molar-refractivity contribution is -0.175. The molecule has 0 unspecified atom stereocenters. The van der Waals surface area contributed by atoms with Gasteiger partial charge in [0.1, 0.15) is 0 Å². The number of ketones is 1. The molecule has 0 saturated carbocycles. The van der Waals surface area contributed by atoms with Crippen molar-refractivity contribution in [2.75, 3.05) is 6.61 Å². The Morgan fingerprint density at radius 3 is 2.70 bits per heavy atom. The number of rotatable bonds is 4. The summed E-state index contributed by atoms with van der Waals surface area (Å²) in [5, 5.41) is 10.9. The highest BCUT2D eigenvalue weighted by molar-refractivity contribution is 5.98. The molecule has 0 heterocycles. The number of aliphatic hydroxyl groups is 1. The van der Waals surface area contributed by atoms with Gasteiger partial charge in [-0.15, -0.1) is 0 Å². The van der Waals surface area contributed by atoms with Crippen molar-refractivity contribution in [2.24, 2.45) is 5.92 Å². The van der Waals surface area contributed by atoms with E-state index >= 15 is 0 Å². The third kappa shape index (κ3) is 2.51. The number of hydrogen-bond donors (Lipinski definition) is 1. The van der Waals surface area contributed by atoms with E-state index in [1.165, 1.54) is 6.08 Å². The van der Waals surface area contributed by atoms with Gasteiger partial charge in [0, 0.05) is 0 Å². The number of hydrogen-bond acceptors (Lipinski definition) is 4. The largest absolute Gasteiger partial charge is 0.464 e. The van der Waals surface area contributed by atoms with Crippen molar-refractivity contribution < 1.29 is 19.4 Å². The minimum Gasteiger partial charge on any atom is -0.464 e. The van der Waals surface area contributed by atoms with Crippen LogP contribution in [-0.2, 0) is 19.9 Å². The van der Waals surface area contributed by atoms with Crippen LogP contribution in [0.15, 0.2) is 42.5 Å². The van der Waals surface area contributed by atoms with Gasteiger partial charge in [-0.3, -0.25) is 4.79 Å². The first-order chi connectivity index (χ1) is 9.60. The Bertz CT molecular complexity index is 521. The molecule has 0 bridgehead atoms. The van der Waals surface area contributed by atoms with Crippen LogP contribution in [0, 0.1) is 5.92 Å². The van der Waals surface area contributed by atoms with Crippen LogP contribution in [-0.4, -0.2) is 23.5 Å². The quantitative estimate of drug-likeness (QED) is 0.853. The highest BCUT2D eigenvalue weighted by atomic mass is 16.5. The standard InChI is InChI=1S/C16H18O4/c1-2-20-15(18)16(19,12-8-4-3-5-9-12)13-10-6-7-11-14(13)17/h3-5,7-9,11,13,19H,2,6,10H2,1H3/t13-,16-/m1/s1. The van der Waals surface area contributed by atoms with Gasteiger partial charge in [-0.1, -0.05) is 36.4 Å². The van der Waals surface area contributed by atoms with E-state index in [1.54, 1.807) is 43.3 Å². The third-order valence-electron chi connectivity index (χ3n) is 3.55. The van der Waals surface area contributed by atoms with E-state index in [-0.39, 0.29) is 12.4 Å². The van der Waals surface area contributed by atoms with Crippen molar-refractivity contribution in [3.63, 3.8) is 0 Å². The molecule has 1 aliphatic carbocycles. The van der Waals surface area contributed by atoms with Gasteiger partial charge in [-0.25, -0.2) is 4.79 Å². The van der Waals surface area contributed by atoms with Gasteiger partial charge < -0.3 is 9.84 Å². The number of benzene rings is 1. The molecule has 4 heteroatoms. The molecule has 2 rings (SSSR count). The van der Waals surface area contributed by atoms with Crippen LogP contribution in [0.2, 0.25) is 0 Å². The van der Waals surface area contributed by atoms with Crippen molar-refractivity contribution in [1.29, 1.82) is 0 Å². The molecule has 20 heavy (non-hydrogen) atoms. The summed E-state index contributed by atoms with van der Waals surface area (Å²) in [6.45, 7) is 1.83. The summed E-state index contributed by atoms with van der Waals surface area (Å²) < 4.78 is 5.00. The molecular formula is C16H18O4. The monoisotopic (exact) mass is 274 g/mol. The first-order valence-corrected chi connectivity index (χ1v) is 6.76. The molecule has 0 aliphatic heterocycles. The lowest BCUT2D eigenvalue weighted by atomic mass is 9.74. The second-order valence-corrected chi connectivity index (χ2v) is 4.79. The van der Waals surface area contributed by atoms with Crippen molar-refractivity contribution in [2.45, 2.75) is 25.4 Å². The van der Waals surface area contributed by atoms with E-state index in [0.717, 1.165) is 0 Å². The highest BCUT2D eigenvalue weighted by Crippen LogP contribution is 2.36. The Labute approximate surface area is 118 Å². The van der Waals surface area contributed by atoms with E-state index in [9.17, 15) is 14.7 Å². The number of carbonyl (C=O) groups excluding carboxylic acids is 2. The summed E-state index contributed by atoms with van der Waals surface area (Å²) >= 11 is 0. The lowest BCUT2D eigenvalue weighted by Crippen LogP contribution is -2.47. The molecule has 0 aromatic heterocycles. The fourth-order valence-electron chi connectivity index (χ4n) is 2.53. The molecule has 1 aromatic carbocycles. The Balaban J connectivity index is 2.46. The van der Waals surface area contributed by atoms with Crippen LogP contribution in [0.4, 0.5) is 0 Å². The minimum atomic E-state index is -1.92. The molecular weight excluding hydrogens is 256 g/mol. The van der Waals surface area contributed by atoms with Gasteiger partial charge in [0.2, 0.25) is 0 Å². The number of allylic oxidation sites excluding steroid dienone is 2. The van der Waals surface area contributed by atoms with Crippen LogP contribution in [0.5, 0.6) is 0 Å². The molecule has 0 saturated heterocycles. The molecule has 2 atom stereocenters. The highest BCUT2D eigenvalue weighted by Gasteiger charge is 2.49. The molecule has 0 spiro atoms. The average molecular weight is 274 g/mol. The van der Waals surface area contributed by atoms with Gasteiger partial charge in [0.25, 0.3) is 0 Å². The molecule has 1 aliphatic rings. The molecule has 1 N–H and O–H groups in total. The Morgan fingerprint density at radius 2 is 2.10 bits per heavy atom. The lowest BCUT2D eigenvalue weighted by Gasteiger charge is -2.34. The zero-order valence-corrected chi connectivity index (χ0v) is 11.4. The predicted octanol–water partition coefficient (Wildman–Crippen LogP) is 1.97. The van der Waals surface area contributed by atoms with Crippen molar-refractivity contribution >= 4 is 11.8 Å². The SMILES string of the molecule is CCOC(=O)[C@@](O)(c1ccccc1)[C@@H]1CCC=CC1=O. The van der Waals surface area contributed by atoms with Crippen LogP contribution >= 0.6 is 0 Å². The van der Waals surface area contributed by atoms with Gasteiger partial charge in [-0.05, 0) is 31.4 Å². The van der Waals surface area contributed by atoms with E-state index in [0.29, 0.717) is 18.4 Å². The van der Waals surface area contributed by atoms with E-state index in [4.69, 9.17) is 4.74 Å². The number of carbonyl (C=O) groups is 2. The van der Waals surface area contributed by atoms with Crippen molar-refractivity contribution in [3.05, 3.63) is 48.0 Å². The summed E-state index contributed by atoms with van der Waals surface area (Å²) in [7, 11) is 0. The summed E-state index contributed by atoms with van der Waals surface area (Å²) in [4.78, 5) is 24.3. The van der Waals surface area contributed by atoms with Gasteiger partial charge in [0.05, 0.1) is 12.5 Å². The summed E-state index contributed by atoms with van der Waals surface area (Å²) in [6, 6.07) is 8.52. The third-order valence-corrected chi connectivity index (χ3v) is 3.55. The topological polar surface area (TPSA) is 63.6 Å². The minimum absolute atomic E-state index is 0.157. The van der Waals surface area contributed by atoms with Gasteiger partial charge >= 0.3 is 5.97 Å². The molecule has 0 radical (unpaired) electrons. The normalized spacial score (nSPS) is 21.3. The Hall–Kier alpha value is -1.94. The fraction of sp³-hybridized carbons (Fsp3) is 0.375. The molecule has 0 fully saturated rings. The number of esters is 1. The van der Waals surface area contributed by atoms with Crippen molar-refractivity contribution in [1.82, 2.24) is 0 Å².